The van der Waals surface area contributed by atoms with E-state index in [-0.39, 0.29) is 5.56 Å². The molecule has 0 spiro atoms. The standard InChI is InChI=1S/C22H20N4O2/c1-28-16-9-13(8-15(11-16)14-6-7-19(23)20(24)12-14)10-21-17-4-2-3-5-18(17)22(27)26-25-21/h2-9,11-12H,10,23-24H2,1H3,(H,26,27). The average Bonchev–Trinajstić information content (AvgIpc) is 2.72. The van der Waals surface area contributed by atoms with Gasteiger partial charge in [-0.1, -0.05) is 30.3 Å². The molecule has 1 heterocycles. The van der Waals surface area contributed by atoms with Crippen LogP contribution in [0, 0.1) is 0 Å². The van der Waals surface area contributed by atoms with Gasteiger partial charge in [0.25, 0.3) is 5.56 Å². The number of aromatic nitrogens is 2. The number of ether oxygens (including phenoxy) is 1. The van der Waals surface area contributed by atoms with Gasteiger partial charge in [-0.05, 0) is 47.0 Å². The number of benzene rings is 3. The van der Waals surface area contributed by atoms with Crippen LogP contribution in [0.15, 0.2) is 65.5 Å². The Morgan fingerprint density at radius 1 is 0.929 bits per heavy atom. The van der Waals surface area contributed by atoms with E-state index in [9.17, 15) is 4.79 Å². The summed E-state index contributed by atoms with van der Waals surface area (Å²) in [5, 5.41) is 8.32. The Hall–Kier alpha value is -3.80. The van der Waals surface area contributed by atoms with Crippen LogP contribution in [-0.4, -0.2) is 17.3 Å². The van der Waals surface area contributed by atoms with Crippen molar-refractivity contribution in [1.29, 1.82) is 0 Å². The van der Waals surface area contributed by atoms with Crippen molar-refractivity contribution >= 4 is 22.1 Å². The fourth-order valence-electron chi connectivity index (χ4n) is 3.30. The summed E-state index contributed by atoms with van der Waals surface area (Å²) in [6, 6.07) is 19.0. The van der Waals surface area contributed by atoms with Crippen LogP contribution in [0.3, 0.4) is 0 Å². The second-order valence-corrected chi connectivity index (χ2v) is 6.64. The molecule has 0 aliphatic carbocycles. The molecule has 6 heteroatoms. The van der Waals surface area contributed by atoms with Crippen molar-refractivity contribution in [2.75, 3.05) is 18.6 Å². The van der Waals surface area contributed by atoms with Gasteiger partial charge in [-0.3, -0.25) is 4.79 Å². The van der Waals surface area contributed by atoms with E-state index in [2.05, 4.69) is 16.3 Å². The third kappa shape index (κ3) is 3.27. The summed E-state index contributed by atoms with van der Waals surface area (Å²) in [6.07, 6.45) is 0.548. The van der Waals surface area contributed by atoms with Crippen LogP contribution >= 0.6 is 0 Å². The second-order valence-electron chi connectivity index (χ2n) is 6.64. The fraction of sp³-hybridized carbons (Fsp3) is 0.0909. The van der Waals surface area contributed by atoms with Crippen molar-refractivity contribution in [3.05, 3.63) is 82.3 Å². The number of H-pyrrole nitrogens is 1. The molecule has 0 aliphatic heterocycles. The van der Waals surface area contributed by atoms with Crippen molar-refractivity contribution in [2.45, 2.75) is 6.42 Å². The maximum absolute atomic E-state index is 12.0. The third-order valence-corrected chi connectivity index (χ3v) is 4.77. The molecule has 0 atom stereocenters. The minimum atomic E-state index is -0.192. The lowest BCUT2D eigenvalue weighted by Crippen LogP contribution is -2.11. The number of nitrogens with zero attached hydrogens (tertiary/aromatic N) is 1. The van der Waals surface area contributed by atoms with E-state index >= 15 is 0 Å². The highest BCUT2D eigenvalue weighted by Crippen LogP contribution is 2.30. The Morgan fingerprint density at radius 3 is 2.46 bits per heavy atom. The summed E-state index contributed by atoms with van der Waals surface area (Å²) >= 11 is 0. The van der Waals surface area contributed by atoms with E-state index in [0.717, 1.165) is 33.5 Å². The summed E-state index contributed by atoms with van der Waals surface area (Å²) in [7, 11) is 1.63. The van der Waals surface area contributed by atoms with E-state index < -0.39 is 0 Å². The molecular formula is C22H20N4O2. The summed E-state index contributed by atoms with van der Waals surface area (Å²) < 4.78 is 5.48. The zero-order chi connectivity index (χ0) is 19.7. The quantitative estimate of drug-likeness (QED) is 0.476. The number of anilines is 2. The molecule has 1 aromatic heterocycles. The highest BCUT2D eigenvalue weighted by Gasteiger charge is 2.10. The Bertz CT molecular complexity index is 1230. The molecule has 4 rings (SSSR count). The molecule has 0 unspecified atom stereocenters. The first kappa shape index (κ1) is 17.6. The van der Waals surface area contributed by atoms with Gasteiger partial charge in [-0.25, -0.2) is 5.10 Å². The first-order valence-electron chi connectivity index (χ1n) is 8.85. The predicted molar refractivity (Wildman–Crippen MR) is 112 cm³/mol. The van der Waals surface area contributed by atoms with Gasteiger partial charge >= 0.3 is 0 Å². The summed E-state index contributed by atoms with van der Waals surface area (Å²) in [6.45, 7) is 0. The topological polar surface area (TPSA) is 107 Å². The van der Waals surface area contributed by atoms with Crippen molar-refractivity contribution in [1.82, 2.24) is 10.2 Å². The Balaban J connectivity index is 1.80. The van der Waals surface area contributed by atoms with Crippen LogP contribution < -0.4 is 21.8 Å². The molecule has 6 nitrogen and oxygen atoms in total. The zero-order valence-corrected chi connectivity index (χ0v) is 15.4. The van der Waals surface area contributed by atoms with E-state index in [1.54, 1.807) is 19.2 Å². The summed E-state index contributed by atoms with van der Waals surface area (Å²) in [5.74, 6) is 0.733. The lowest BCUT2D eigenvalue weighted by Gasteiger charge is -2.11. The van der Waals surface area contributed by atoms with E-state index in [1.165, 1.54) is 0 Å². The molecule has 3 aromatic carbocycles. The highest BCUT2D eigenvalue weighted by atomic mass is 16.5. The molecule has 28 heavy (non-hydrogen) atoms. The highest BCUT2D eigenvalue weighted by molar-refractivity contribution is 5.83. The predicted octanol–water partition coefficient (Wildman–Crippen LogP) is 3.35. The van der Waals surface area contributed by atoms with Gasteiger partial charge in [-0.2, -0.15) is 5.10 Å². The Labute approximate surface area is 161 Å². The smallest absolute Gasteiger partial charge is 0.272 e. The maximum Gasteiger partial charge on any atom is 0.272 e. The summed E-state index contributed by atoms with van der Waals surface area (Å²) in [4.78, 5) is 12.0. The van der Waals surface area contributed by atoms with Crippen LogP contribution in [0.1, 0.15) is 11.3 Å². The monoisotopic (exact) mass is 372 g/mol. The molecule has 0 fully saturated rings. The van der Waals surface area contributed by atoms with Gasteiger partial charge in [0.05, 0.1) is 29.6 Å². The molecule has 5 N–H and O–H groups in total. The molecule has 0 bridgehead atoms. The maximum atomic E-state index is 12.0. The van der Waals surface area contributed by atoms with Crippen LogP contribution in [-0.2, 0) is 6.42 Å². The summed E-state index contributed by atoms with van der Waals surface area (Å²) in [5.41, 5.74) is 16.4. The molecule has 140 valence electrons. The fourth-order valence-corrected chi connectivity index (χ4v) is 3.30. The number of aromatic amines is 1. The normalized spacial score (nSPS) is 10.9. The number of nitrogens with two attached hydrogens (primary N) is 2. The van der Waals surface area contributed by atoms with Gasteiger partial charge in [0, 0.05) is 11.8 Å². The van der Waals surface area contributed by atoms with Crippen molar-refractivity contribution < 1.29 is 4.74 Å². The lowest BCUT2D eigenvalue weighted by atomic mass is 9.98. The van der Waals surface area contributed by atoms with Crippen LogP contribution in [0.25, 0.3) is 21.9 Å². The second kappa shape index (κ2) is 7.08. The lowest BCUT2D eigenvalue weighted by molar-refractivity contribution is 0.414. The molecule has 0 saturated heterocycles. The molecule has 4 aromatic rings. The molecule has 0 aliphatic rings. The largest absolute Gasteiger partial charge is 0.497 e. The molecule has 0 radical (unpaired) electrons. The Morgan fingerprint density at radius 2 is 1.71 bits per heavy atom. The molecule has 0 amide bonds. The average molecular weight is 372 g/mol. The molecule has 0 saturated carbocycles. The van der Waals surface area contributed by atoms with Crippen molar-refractivity contribution in [3.63, 3.8) is 0 Å². The first-order chi connectivity index (χ1) is 13.5. The van der Waals surface area contributed by atoms with Gasteiger partial charge in [-0.15, -0.1) is 0 Å². The number of hydrogen-bond donors (Lipinski definition) is 3. The SMILES string of the molecule is COc1cc(Cc2n[nH]c(=O)c3ccccc23)cc(-c2ccc(N)c(N)c2)c1. The third-order valence-electron chi connectivity index (χ3n) is 4.77. The van der Waals surface area contributed by atoms with Crippen LogP contribution in [0.2, 0.25) is 0 Å². The van der Waals surface area contributed by atoms with E-state index in [4.69, 9.17) is 16.2 Å². The minimum absolute atomic E-state index is 0.192. The van der Waals surface area contributed by atoms with Gasteiger partial charge in [0.15, 0.2) is 0 Å². The number of nitrogens with one attached hydrogen (secondary N) is 1. The van der Waals surface area contributed by atoms with Gasteiger partial charge in [0.2, 0.25) is 0 Å². The van der Waals surface area contributed by atoms with Crippen LogP contribution in [0.5, 0.6) is 5.75 Å². The zero-order valence-electron chi connectivity index (χ0n) is 15.4. The number of fused-ring (bicyclic) bond motifs is 1. The Kier molecular flexibility index (Phi) is 4.45. The molecular weight excluding hydrogens is 352 g/mol. The van der Waals surface area contributed by atoms with Gasteiger partial charge in [0.1, 0.15) is 5.75 Å². The van der Waals surface area contributed by atoms with Gasteiger partial charge < -0.3 is 16.2 Å². The number of rotatable bonds is 4. The minimum Gasteiger partial charge on any atom is -0.497 e. The van der Waals surface area contributed by atoms with E-state index in [0.29, 0.717) is 23.2 Å². The first-order valence-corrected chi connectivity index (χ1v) is 8.85. The number of nitrogen functional groups attached to an aromatic ring is 2. The van der Waals surface area contributed by atoms with E-state index in [1.807, 2.05) is 42.5 Å². The number of methoxy groups -OCH3 is 1. The van der Waals surface area contributed by atoms with Crippen molar-refractivity contribution in [3.8, 4) is 16.9 Å². The number of hydrogen-bond acceptors (Lipinski definition) is 5. The van der Waals surface area contributed by atoms with Crippen LogP contribution in [0.4, 0.5) is 11.4 Å². The van der Waals surface area contributed by atoms with Crippen molar-refractivity contribution in [2.24, 2.45) is 0 Å².